The van der Waals surface area contributed by atoms with Crippen LogP contribution in [0.25, 0.3) is 44.1 Å². The molecule has 4 aromatic heterocycles. The van der Waals surface area contributed by atoms with E-state index in [1.807, 2.05) is 42.5 Å². The fourth-order valence-corrected chi connectivity index (χ4v) is 10.5. The number of amides is 3. The first-order valence-electron chi connectivity index (χ1n) is 28.4. The van der Waals surface area contributed by atoms with Gasteiger partial charge >= 0.3 is 5.97 Å². The number of benzene rings is 6. The number of carboxylic acid groups (broad SMARTS) is 1. The first kappa shape index (κ1) is 61.9. The number of nitrogens with one attached hydrogen (secondary N) is 4. The molecule has 0 saturated heterocycles. The number of nitrogens with zero attached hydrogens (tertiary/aromatic N) is 6. The standard InChI is InChI=1S/C32H27ClFN7O3.C18H17ClFNO.C17H15N3O3/c33-25-8-2-1-6-22(25)23-7-3-9-26(30(23)34)38-28(42)17-40(21-11-12-21)29(43)18-41-27-13-10-19(37-20-5-4-14-36-16-20)15-24(27)31(39-41)32(35)44;19-17-7-2-1-5-15(17)16-6-3-4-12(18(16)20)10-14(22)11-21-13-8-9-13;1-11(21)15-9-20(10-17(22)23)16-5-4-12(7-14(15)16)19-13-3-2-6-18-8-13/h1-10,13-16,21,37H,11-12,17-18H2,(H2,35,44)(H,38,42);1-7,13,21H,8-11H2;2-9,19H,10H2,1H3,(H,22,23). The molecule has 4 heterocycles. The van der Waals surface area contributed by atoms with Gasteiger partial charge in [-0.1, -0.05) is 89.9 Å². The average Bonchev–Trinajstić information content (AvgIpc) is 2.90. The summed E-state index contributed by atoms with van der Waals surface area (Å²) in [5.41, 5.74) is 12.7. The molecule has 6 aromatic carbocycles. The minimum Gasteiger partial charge on any atom is -0.480 e. The van der Waals surface area contributed by atoms with E-state index < -0.39 is 23.6 Å². The number of fused-ring (bicyclic) bond motifs is 2. The number of hydrogen-bond acceptors (Lipinski definition) is 12. The highest BCUT2D eigenvalue weighted by Crippen LogP contribution is 2.35. The van der Waals surface area contributed by atoms with Gasteiger partial charge in [0.05, 0.1) is 41.5 Å². The van der Waals surface area contributed by atoms with Crippen LogP contribution in [0.1, 0.15) is 59.0 Å². The van der Waals surface area contributed by atoms with Crippen molar-refractivity contribution in [2.45, 2.75) is 64.2 Å². The summed E-state index contributed by atoms with van der Waals surface area (Å²) in [6, 6.07) is 42.2. The molecule has 0 aliphatic heterocycles. The van der Waals surface area contributed by atoms with Gasteiger partial charge in [0.1, 0.15) is 25.5 Å². The van der Waals surface area contributed by atoms with E-state index in [1.165, 1.54) is 22.6 Å². The second-order valence-corrected chi connectivity index (χ2v) is 22.1. The Hall–Kier alpha value is -10.2. The Morgan fingerprint density at radius 1 is 0.663 bits per heavy atom. The van der Waals surface area contributed by atoms with Gasteiger partial charge in [-0.05, 0) is 117 Å². The number of anilines is 5. The van der Waals surface area contributed by atoms with Crippen LogP contribution in [0.5, 0.6) is 0 Å². The maximum Gasteiger partial charge on any atom is 0.323 e. The van der Waals surface area contributed by atoms with E-state index in [9.17, 15) is 33.2 Å². The third-order valence-corrected chi connectivity index (χ3v) is 15.2. The molecule has 452 valence electrons. The van der Waals surface area contributed by atoms with Gasteiger partial charge in [0.2, 0.25) is 11.8 Å². The van der Waals surface area contributed by atoms with Crippen LogP contribution in [0, 0.1) is 11.6 Å². The number of primary amides is 1. The van der Waals surface area contributed by atoms with Crippen LogP contribution in [-0.2, 0) is 38.7 Å². The molecule has 7 N–H and O–H groups in total. The van der Waals surface area contributed by atoms with E-state index in [1.54, 1.807) is 133 Å². The predicted molar refractivity (Wildman–Crippen MR) is 340 cm³/mol. The molecule has 10 aromatic rings. The summed E-state index contributed by atoms with van der Waals surface area (Å²) in [4.78, 5) is 83.2. The number of halogens is 4. The molecule has 2 aliphatic carbocycles. The van der Waals surface area contributed by atoms with E-state index in [-0.39, 0.29) is 72.3 Å². The Kier molecular flexibility index (Phi) is 19.6. The molecule has 89 heavy (non-hydrogen) atoms. The minimum absolute atomic E-state index is 0.00195. The van der Waals surface area contributed by atoms with Crippen molar-refractivity contribution in [3.8, 4) is 22.3 Å². The van der Waals surface area contributed by atoms with Gasteiger partial charge in [-0.3, -0.25) is 43.4 Å². The average molecular weight is 1240 g/mol. The number of ketones is 2. The molecule has 2 fully saturated rings. The molecule has 0 bridgehead atoms. The molecule has 0 radical (unpaired) electrons. The summed E-state index contributed by atoms with van der Waals surface area (Å²) in [7, 11) is 0. The summed E-state index contributed by atoms with van der Waals surface area (Å²) < 4.78 is 33.1. The van der Waals surface area contributed by atoms with E-state index in [4.69, 9.17) is 34.0 Å². The number of carboxylic acids is 1. The Bertz CT molecular complexity index is 4290. The lowest BCUT2D eigenvalue weighted by atomic mass is 9.99. The molecular weight excluding hydrogens is 1180 g/mol. The topological polar surface area (TPSA) is 249 Å². The van der Waals surface area contributed by atoms with Crippen molar-refractivity contribution in [1.82, 2.24) is 34.5 Å². The zero-order valence-corrected chi connectivity index (χ0v) is 49.4. The third kappa shape index (κ3) is 15.7. The zero-order valence-electron chi connectivity index (χ0n) is 47.9. The van der Waals surface area contributed by atoms with Crippen molar-refractivity contribution in [2.75, 3.05) is 29.0 Å². The minimum atomic E-state index is -0.949. The molecule has 0 atom stereocenters. The SMILES string of the molecule is CC(=O)c1cn(CC(=O)O)c2ccc(Nc3cccnc3)cc12.NC(=O)c1nn(CC(=O)N(CC(=O)Nc2cccc(-c3ccccc3Cl)c2F)C2CC2)c2ccc(Nc3cccnc3)cc12.O=C(CNC1CC1)Cc1cccc(-c2ccccc2Cl)c1F. The molecule has 2 aliphatic rings. The molecule has 22 heteroatoms. The number of aromatic nitrogens is 5. The molecule has 0 unspecified atom stereocenters. The Morgan fingerprint density at radius 3 is 1.81 bits per heavy atom. The summed E-state index contributed by atoms with van der Waals surface area (Å²) >= 11 is 12.4. The number of rotatable bonds is 21. The Morgan fingerprint density at radius 2 is 1.25 bits per heavy atom. The van der Waals surface area contributed by atoms with Gasteiger partial charge in [0.15, 0.2) is 23.1 Å². The molecular formula is C67H59Cl2F2N11O7. The van der Waals surface area contributed by atoms with Gasteiger partial charge in [-0.15, -0.1) is 0 Å². The Labute approximate surface area is 519 Å². The van der Waals surface area contributed by atoms with Crippen molar-refractivity contribution in [1.29, 1.82) is 0 Å². The van der Waals surface area contributed by atoms with Crippen LogP contribution in [0.15, 0.2) is 177 Å². The van der Waals surface area contributed by atoms with E-state index >= 15 is 4.39 Å². The van der Waals surface area contributed by atoms with E-state index in [0.717, 1.165) is 48.1 Å². The lowest BCUT2D eigenvalue weighted by Gasteiger charge is -2.22. The van der Waals surface area contributed by atoms with Crippen molar-refractivity contribution >= 4 is 109 Å². The highest BCUT2D eigenvalue weighted by atomic mass is 35.5. The smallest absolute Gasteiger partial charge is 0.323 e. The molecule has 18 nitrogen and oxygen atoms in total. The number of nitrogens with two attached hydrogens (primary N) is 1. The summed E-state index contributed by atoms with van der Waals surface area (Å²) in [6.07, 6.45) is 12.1. The van der Waals surface area contributed by atoms with Crippen molar-refractivity contribution in [2.24, 2.45) is 5.73 Å². The van der Waals surface area contributed by atoms with E-state index in [2.05, 4.69) is 36.3 Å². The van der Waals surface area contributed by atoms with Crippen LogP contribution < -0.4 is 27.0 Å². The molecule has 12 rings (SSSR count). The van der Waals surface area contributed by atoms with Crippen molar-refractivity contribution < 1.29 is 42.7 Å². The first-order valence-corrected chi connectivity index (χ1v) is 29.1. The van der Waals surface area contributed by atoms with Gasteiger partial charge in [-0.2, -0.15) is 5.10 Å². The fourth-order valence-electron chi connectivity index (χ4n) is 10.0. The summed E-state index contributed by atoms with van der Waals surface area (Å²) in [6.45, 7) is 1.10. The normalized spacial score (nSPS) is 12.5. The maximum atomic E-state index is 15.4. The summed E-state index contributed by atoms with van der Waals surface area (Å²) in [5.74, 6) is -3.69. The van der Waals surface area contributed by atoms with E-state index in [0.29, 0.717) is 72.6 Å². The highest BCUT2D eigenvalue weighted by Gasteiger charge is 2.35. The molecule has 2 saturated carbocycles. The highest BCUT2D eigenvalue weighted by molar-refractivity contribution is 6.33. The van der Waals surface area contributed by atoms with Gasteiger partial charge < -0.3 is 41.6 Å². The number of carbonyl (C=O) groups is 6. The van der Waals surface area contributed by atoms with Crippen molar-refractivity contribution in [3.05, 3.63) is 215 Å². The van der Waals surface area contributed by atoms with Crippen LogP contribution in [0.4, 0.5) is 37.2 Å². The maximum absolute atomic E-state index is 15.4. The van der Waals surface area contributed by atoms with Gasteiger partial charge in [0.25, 0.3) is 5.91 Å². The van der Waals surface area contributed by atoms with Crippen LogP contribution >= 0.6 is 23.2 Å². The van der Waals surface area contributed by atoms with Crippen molar-refractivity contribution in [3.63, 3.8) is 0 Å². The van der Waals surface area contributed by atoms with Crippen LogP contribution in [0.2, 0.25) is 10.0 Å². The quantitative estimate of drug-likeness (QED) is 0.0367. The fraction of sp³-hybridized carbons (Fsp3) is 0.179. The van der Waals surface area contributed by atoms with Crippen LogP contribution in [-0.4, -0.2) is 94.8 Å². The number of Topliss-reactive ketones (excluding diaryl/α,β-unsaturated/α-hetero) is 2. The third-order valence-electron chi connectivity index (χ3n) is 14.6. The number of hydrogen-bond donors (Lipinski definition) is 6. The largest absolute Gasteiger partial charge is 0.480 e. The molecule has 0 spiro atoms. The second kappa shape index (κ2) is 28.1. The number of pyridine rings is 2. The van der Waals surface area contributed by atoms with Gasteiger partial charge in [-0.25, -0.2) is 8.78 Å². The predicted octanol–water partition coefficient (Wildman–Crippen LogP) is 12.4. The zero-order chi connectivity index (χ0) is 62.7. The lowest BCUT2D eigenvalue weighted by molar-refractivity contribution is -0.137. The first-order chi connectivity index (χ1) is 43.0. The molecule has 3 amide bonds. The summed E-state index contributed by atoms with van der Waals surface area (Å²) in [5, 5.41) is 27.6. The lowest BCUT2D eigenvalue weighted by Crippen LogP contribution is -2.41. The Balaban J connectivity index is 0.000000163. The second-order valence-electron chi connectivity index (χ2n) is 21.3. The van der Waals surface area contributed by atoms with Gasteiger partial charge in [0, 0.05) is 103 Å². The van der Waals surface area contributed by atoms with Crippen LogP contribution in [0.3, 0.4) is 0 Å². The monoisotopic (exact) mass is 1240 g/mol. The number of aliphatic carboxylic acids is 1. The number of carbonyl (C=O) groups excluding carboxylic acids is 5.